The van der Waals surface area contributed by atoms with Gasteiger partial charge in [-0.2, -0.15) is 0 Å². The van der Waals surface area contributed by atoms with Gasteiger partial charge in [0.15, 0.2) is 0 Å². The third-order valence-corrected chi connectivity index (χ3v) is 5.54. The highest BCUT2D eigenvalue weighted by Gasteiger charge is 2.32. The number of nitrogens with zero attached hydrogens (tertiary/aromatic N) is 2. The molecule has 2 amide bonds. The van der Waals surface area contributed by atoms with Gasteiger partial charge in [-0.3, -0.25) is 9.59 Å². The van der Waals surface area contributed by atoms with Gasteiger partial charge in [-0.05, 0) is 17.7 Å². The molecule has 0 aliphatic carbocycles. The fourth-order valence-corrected chi connectivity index (χ4v) is 4.32. The Bertz CT molecular complexity index is 652. The van der Waals surface area contributed by atoms with Crippen LogP contribution < -0.4 is 15.5 Å². The quantitative estimate of drug-likeness (QED) is 0.824. The van der Waals surface area contributed by atoms with E-state index in [1.165, 1.54) is 13.0 Å². The highest BCUT2D eigenvalue weighted by molar-refractivity contribution is 7.99. The van der Waals surface area contributed by atoms with Gasteiger partial charge in [-0.1, -0.05) is 6.07 Å². The number of piperazine rings is 1. The van der Waals surface area contributed by atoms with Gasteiger partial charge in [-0.15, -0.1) is 11.8 Å². The van der Waals surface area contributed by atoms with Crippen LogP contribution >= 0.6 is 11.8 Å². The zero-order valence-corrected chi connectivity index (χ0v) is 15.1. The van der Waals surface area contributed by atoms with Crippen molar-refractivity contribution in [3.8, 4) is 0 Å². The van der Waals surface area contributed by atoms with Crippen LogP contribution in [0.5, 0.6) is 0 Å². The fourth-order valence-electron chi connectivity index (χ4n) is 3.10. The number of nitrogens with one attached hydrogen (secondary N) is 2. The SMILES string of the molecule is CC(=O)N1CSCC1C(=O)NCc1ccc(N2CCNCC2)c(F)c1. The van der Waals surface area contributed by atoms with E-state index in [2.05, 4.69) is 10.6 Å². The van der Waals surface area contributed by atoms with Gasteiger partial charge in [0.25, 0.3) is 0 Å². The maximum absolute atomic E-state index is 14.4. The van der Waals surface area contributed by atoms with Crippen molar-refractivity contribution < 1.29 is 14.0 Å². The molecule has 2 aliphatic rings. The van der Waals surface area contributed by atoms with E-state index >= 15 is 0 Å². The second-order valence-electron chi connectivity index (χ2n) is 6.25. The maximum Gasteiger partial charge on any atom is 0.243 e. The minimum Gasteiger partial charge on any atom is -0.367 e. The molecule has 2 aliphatic heterocycles. The Morgan fingerprint density at radius 3 is 2.80 bits per heavy atom. The normalized spacial score (nSPS) is 20.6. The molecule has 2 heterocycles. The molecule has 6 nitrogen and oxygen atoms in total. The van der Waals surface area contributed by atoms with E-state index in [1.54, 1.807) is 22.7 Å². The summed E-state index contributed by atoms with van der Waals surface area (Å²) in [6.45, 7) is 4.99. The zero-order chi connectivity index (χ0) is 17.8. The second-order valence-corrected chi connectivity index (χ2v) is 7.24. The molecule has 2 N–H and O–H groups in total. The minimum absolute atomic E-state index is 0.100. The summed E-state index contributed by atoms with van der Waals surface area (Å²) in [7, 11) is 0. The van der Waals surface area contributed by atoms with Crippen LogP contribution in [-0.4, -0.2) is 60.6 Å². The predicted molar refractivity (Wildman–Crippen MR) is 97.0 cm³/mol. The summed E-state index contributed by atoms with van der Waals surface area (Å²) in [6.07, 6.45) is 0. The van der Waals surface area contributed by atoms with E-state index in [4.69, 9.17) is 0 Å². The van der Waals surface area contributed by atoms with Crippen molar-refractivity contribution in [1.29, 1.82) is 0 Å². The molecule has 0 spiro atoms. The summed E-state index contributed by atoms with van der Waals surface area (Å²) in [5, 5.41) is 6.06. The number of benzene rings is 1. The molecule has 2 fully saturated rings. The van der Waals surface area contributed by atoms with Crippen LogP contribution in [0.4, 0.5) is 10.1 Å². The average molecular weight is 366 g/mol. The van der Waals surface area contributed by atoms with Crippen LogP contribution in [0.3, 0.4) is 0 Å². The summed E-state index contributed by atoms with van der Waals surface area (Å²) in [4.78, 5) is 27.4. The van der Waals surface area contributed by atoms with Gasteiger partial charge in [-0.25, -0.2) is 4.39 Å². The third kappa shape index (κ3) is 4.24. The lowest BCUT2D eigenvalue weighted by molar-refractivity contribution is -0.136. The molecule has 1 atom stereocenters. The van der Waals surface area contributed by atoms with Gasteiger partial charge in [0.05, 0.1) is 11.6 Å². The molecule has 1 unspecified atom stereocenters. The molecule has 0 bridgehead atoms. The van der Waals surface area contributed by atoms with Gasteiger partial charge >= 0.3 is 0 Å². The highest BCUT2D eigenvalue weighted by Crippen LogP contribution is 2.22. The summed E-state index contributed by atoms with van der Waals surface area (Å²) >= 11 is 1.56. The molecule has 8 heteroatoms. The first kappa shape index (κ1) is 18.0. The van der Waals surface area contributed by atoms with E-state index < -0.39 is 6.04 Å². The van der Waals surface area contributed by atoms with Crippen molar-refractivity contribution in [2.24, 2.45) is 0 Å². The van der Waals surface area contributed by atoms with Gasteiger partial charge in [0.1, 0.15) is 11.9 Å². The molecule has 136 valence electrons. The van der Waals surface area contributed by atoms with E-state index in [9.17, 15) is 14.0 Å². The van der Waals surface area contributed by atoms with Gasteiger partial charge < -0.3 is 20.4 Å². The molecule has 1 aromatic rings. The van der Waals surface area contributed by atoms with E-state index in [-0.39, 0.29) is 24.2 Å². The highest BCUT2D eigenvalue weighted by atomic mass is 32.2. The smallest absolute Gasteiger partial charge is 0.243 e. The Morgan fingerprint density at radius 1 is 1.36 bits per heavy atom. The maximum atomic E-state index is 14.4. The number of carbonyl (C=O) groups excluding carboxylic acids is 2. The number of thioether (sulfide) groups is 1. The molecule has 3 rings (SSSR count). The monoisotopic (exact) mass is 366 g/mol. The molecular weight excluding hydrogens is 343 g/mol. The van der Waals surface area contributed by atoms with Crippen molar-refractivity contribution in [2.75, 3.05) is 42.7 Å². The zero-order valence-electron chi connectivity index (χ0n) is 14.3. The van der Waals surface area contributed by atoms with E-state index in [1.807, 2.05) is 11.0 Å². The van der Waals surface area contributed by atoms with Crippen molar-refractivity contribution in [3.63, 3.8) is 0 Å². The van der Waals surface area contributed by atoms with Crippen molar-refractivity contribution in [2.45, 2.75) is 19.5 Å². The Balaban J connectivity index is 1.59. The number of hydrogen-bond acceptors (Lipinski definition) is 5. The predicted octanol–water partition coefficient (Wildman–Crippen LogP) is 0.773. The lowest BCUT2D eigenvalue weighted by Gasteiger charge is -2.29. The van der Waals surface area contributed by atoms with E-state index in [0.717, 1.165) is 26.2 Å². The second kappa shape index (κ2) is 8.05. The molecule has 25 heavy (non-hydrogen) atoms. The first-order valence-electron chi connectivity index (χ1n) is 8.43. The topological polar surface area (TPSA) is 64.7 Å². The molecule has 1 aromatic carbocycles. The first-order chi connectivity index (χ1) is 12.1. The largest absolute Gasteiger partial charge is 0.367 e. The standard InChI is InChI=1S/C17H23FN4O2S/c1-12(23)22-11-25-10-16(22)17(24)20-9-13-2-3-15(14(18)8-13)21-6-4-19-5-7-21/h2-3,8,16,19H,4-7,9-11H2,1H3,(H,20,24). The Hall–Kier alpha value is -1.80. The van der Waals surface area contributed by atoms with Crippen molar-refractivity contribution in [1.82, 2.24) is 15.5 Å². The number of anilines is 1. The number of amides is 2. The Labute approximate surface area is 151 Å². The first-order valence-corrected chi connectivity index (χ1v) is 9.58. The van der Waals surface area contributed by atoms with Crippen molar-refractivity contribution >= 4 is 29.3 Å². The van der Waals surface area contributed by atoms with Crippen molar-refractivity contribution in [3.05, 3.63) is 29.6 Å². The average Bonchev–Trinajstić information content (AvgIpc) is 3.11. The molecule has 0 saturated carbocycles. The van der Waals surface area contributed by atoms with Crippen LogP contribution in [-0.2, 0) is 16.1 Å². The minimum atomic E-state index is -0.438. The third-order valence-electron chi connectivity index (χ3n) is 4.53. The van der Waals surface area contributed by atoms with Gasteiger partial charge in [0, 0.05) is 45.4 Å². The van der Waals surface area contributed by atoms with Gasteiger partial charge in [0.2, 0.25) is 11.8 Å². The Morgan fingerprint density at radius 2 is 2.12 bits per heavy atom. The summed E-state index contributed by atoms with van der Waals surface area (Å²) < 4.78 is 14.4. The molecule has 2 saturated heterocycles. The van der Waals surface area contributed by atoms with Crippen LogP contribution in [0.1, 0.15) is 12.5 Å². The number of halogens is 1. The fraction of sp³-hybridized carbons (Fsp3) is 0.529. The van der Waals surface area contributed by atoms with Crippen LogP contribution in [0.25, 0.3) is 0 Å². The van der Waals surface area contributed by atoms with Crippen LogP contribution in [0.2, 0.25) is 0 Å². The number of carbonyl (C=O) groups is 2. The van der Waals surface area contributed by atoms with E-state index in [0.29, 0.717) is 22.9 Å². The lowest BCUT2D eigenvalue weighted by atomic mass is 10.1. The van der Waals surface area contributed by atoms with Crippen LogP contribution in [0, 0.1) is 5.82 Å². The number of hydrogen-bond donors (Lipinski definition) is 2. The van der Waals surface area contributed by atoms with Crippen LogP contribution in [0.15, 0.2) is 18.2 Å². The Kier molecular flexibility index (Phi) is 5.80. The summed E-state index contributed by atoms with van der Waals surface area (Å²) in [6, 6.07) is 4.65. The summed E-state index contributed by atoms with van der Waals surface area (Å²) in [5.74, 6) is 0.585. The molecule has 0 aromatic heterocycles. The molecule has 0 radical (unpaired) electrons. The molecular formula is C17H23FN4O2S. The lowest BCUT2D eigenvalue weighted by Crippen LogP contribution is -2.46. The number of rotatable bonds is 4. The summed E-state index contributed by atoms with van der Waals surface area (Å²) in [5.41, 5.74) is 1.32.